The van der Waals surface area contributed by atoms with E-state index in [2.05, 4.69) is 104 Å². The van der Waals surface area contributed by atoms with Gasteiger partial charge in [0, 0.05) is 6.42 Å². The molecule has 0 aromatic rings. The van der Waals surface area contributed by atoms with Crippen molar-refractivity contribution in [3.63, 3.8) is 0 Å². The molecule has 0 aliphatic carbocycles. The van der Waals surface area contributed by atoms with Gasteiger partial charge < -0.3 is 15.5 Å². The number of allylic oxidation sites excluding steroid dienone is 15. The van der Waals surface area contributed by atoms with Crippen LogP contribution in [0.25, 0.3) is 0 Å². The van der Waals surface area contributed by atoms with Crippen molar-refractivity contribution in [1.29, 1.82) is 0 Å². The highest BCUT2D eigenvalue weighted by Crippen LogP contribution is 2.18. The van der Waals surface area contributed by atoms with Crippen molar-refractivity contribution in [2.75, 3.05) is 6.61 Å². The molecule has 79 heavy (non-hydrogen) atoms. The second-order valence-corrected chi connectivity index (χ2v) is 23.6. The SMILES string of the molecule is CC/C=C\C/C=C\C/C=C\C/C=C\C/C=C\C/C=C\C/C=C\CCCCCCCCCCCCCCCCCCCC(=O)NC(CO)C(O)/C=C/CCCCCCCCCCCCCCCCCCCCCCCCCCCC. The van der Waals surface area contributed by atoms with Crippen LogP contribution < -0.4 is 5.32 Å². The summed E-state index contributed by atoms with van der Waals surface area (Å²) in [7, 11) is 0. The van der Waals surface area contributed by atoms with Crippen LogP contribution in [0.5, 0.6) is 0 Å². The molecule has 0 fully saturated rings. The molecule has 3 N–H and O–H groups in total. The van der Waals surface area contributed by atoms with Gasteiger partial charge in [0.25, 0.3) is 0 Å². The molecule has 4 heteroatoms. The van der Waals surface area contributed by atoms with Gasteiger partial charge in [0.2, 0.25) is 5.91 Å². The lowest BCUT2D eigenvalue weighted by Crippen LogP contribution is -2.45. The normalized spacial score (nSPS) is 13.3. The van der Waals surface area contributed by atoms with Gasteiger partial charge in [-0.05, 0) is 77.0 Å². The molecule has 0 rings (SSSR count). The molecule has 0 bridgehead atoms. The van der Waals surface area contributed by atoms with Crippen molar-refractivity contribution in [2.45, 2.75) is 366 Å². The topological polar surface area (TPSA) is 69.6 Å². The maximum atomic E-state index is 12.5. The Kier molecular flexibility index (Phi) is 67.2. The highest BCUT2D eigenvalue weighted by atomic mass is 16.3. The van der Waals surface area contributed by atoms with Crippen LogP contribution >= 0.6 is 0 Å². The summed E-state index contributed by atoms with van der Waals surface area (Å²) >= 11 is 0. The summed E-state index contributed by atoms with van der Waals surface area (Å²) in [6.07, 6.45) is 103. The number of aliphatic hydroxyl groups is 2. The van der Waals surface area contributed by atoms with Crippen LogP contribution in [-0.2, 0) is 4.79 Å². The average Bonchev–Trinajstić information content (AvgIpc) is 3.45. The van der Waals surface area contributed by atoms with E-state index in [0.717, 1.165) is 70.6 Å². The van der Waals surface area contributed by atoms with Gasteiger partial charge in [-0.2, -0.15) is 0 Å². The molecule has 0 radical (unpaired) electrons. The van der Waals surface area contributed by atoms with Crippen LogP contribution in [0, 0.1) is 0 Å². The first-order chi connectivity index (χ1) is 39.2. The zero-order valence-corrected chi connectivity index (χ0v) is 52.9. The Morgan fingerprint density at radius 2 is 0.557 bits per heavy atom. The Labute approximate surface area is 494 Å². The number of unbranched alkanes of at least 4 members (excludes halogenated alkanes) is 43. The van der Waals surface area contributed by atoms with Gasteiger partial charge in [-0.1, -0.05) is 368 Å². The molecule has 0 saturated carbocycles. The van der Waals surface area contributed by atoms with Crippen LogP contribution in [0.15, 0.2) is 97.2 Å². The van der Waals surface area contributed by atoms with E-state index in [9.17, 15) is 15.0 Å². The van der Waals surface area contributed by atoms with Gasteiger partial charge in [0.15, 0.2) is 0 Å². The highest BCUT2D eigenvalue weighted by molar-refractivity contribution is 5.76. The van der Waals surface area contributed by atoms with Crippen LogP contribution in [-0.4, -0.2) is 34.9 Å². The van der Waals surface area contributed by atoms with E-state index in [1.54, 1.807) is 6.08 Å². The first kappa shape index (κ1) is 76.3. The minimum atomic E-state index is -0.844. The lowest BCUT2D eigenvalue weighted by atomic mass is 10.0. The fraction of sp³-hybridized carbons (Fsp3) is 0.773. The molecule has 2 atom stereocenters. The maximum absolute atomic E-state index is 12.5. The largest absolute Gasteiger partial charge is 0.394 e. The van der Waals surface area contributed by atoms with Gasteiger partial charge in [-0.15, -0.1) is 0 Å². The van der Waals surface area contributed by atoms with E-state index >= 15 is 0 Å². The van der Waals surface area contributed by atoms with Crippen LogP contribution in [0.4, 0.5) is 0 Å². The predicted molar refractivity (Wildman–Crippen MR) is 354 cm³/mol. The van der Waals surface area contributed by atoms with Crippen molar-refractivity contribution >= 4 is 5.91 Å². The predicted octanol–water partition coefficient (Wildman–Crippen LogP) is 24.0. The molecule has 0 spiro atoms. The summed E-state index contributed by atoms with van der Waals surface area (Å²) in [4.78, 5) is 12.5. The molecule has 1 amide bonds. The third kappa shape index (κ3) is 66.0. The monoisotopic (exact) mass is 1100 g/mol. The standard InChI is InChI=1S/C75H135NO3/c1-3-5-7-9-11-13-15-17-19-21-23-25-27-29-31-33-34-35-36-37-38-39-40-41-42-43-45-47-49-51-53-55-57-59-61-63-65-67-69-71-75(79)76-73(72-77)74(78)70-68-66-64-62-60-58-56-54-52-50-48-46-44-32-30-28-26-24-22-20-18-16-14-12-10-8-6-4-2/h5,7,11,13,17,19,23,25,29,31,34-35,37-38,68,70,73-74,77-78H,3-4,6,8-10,12,14-16,18,20-22,24,26-28,30,32-33,36,39-67,69,71-72H2,1-2H3,(H,76,79)/b7-5-,13-11-,19-17-,25-23-,31-29-,35-34-,38-37-,70-68+. The van der Waals surface area contributed by atoms with Crippen molar-refractivity contribution in [2.24, 2.45) is 0 Å². The molecule has 0 saturated heterocycles. The van der Waals surface area contributed by atoms with Crippen molar-refractivity contribution < 1.29 is 15.0 Å². The molecular formula is C75H135NO3. The Morgan fingerprint density at radius 3 is 0.835 bits per heavy atom. The van der Waals surface area contributed by atoms with Gasteiger partial charge in [-0.25, -0.2) is 0 Å². The molecule has 0 aliphatic heterocycles. The molecule has 0 heterocycles. The molecule has 0 aliphatic rings. The first-order valence-electron chi connectivity index (χ1n) is 35.0. The van der Waals surface area contributed by atoms with E-state index in [0.29, 0.717) is 6.42 Å². The van der Waals surface area contributed by atoms with Crippen molar-refractivity contribution in [3.8, 4) is 0 Å². The van der Waals surface area contributed by atoms with E-state index in [4.69, 9.17) is 0 Å². The van der Waals surface area contributed by atoms with Gasteiger partial charge in [0.1, 0.15) is 0 Å². The van der Waals surface area contributed by atoms with Crippen LogP contribution in [0.2, 0.25) is 0 Å². The quantitative estimate of drug-likeness (QED) is 0.0420. The Hall–Kier alpha value is -2.69. The number of aliphatic hydroxyl groups excluding tert-OH is 2. The summed E-state index contributed by atoms with van der Waals surface area (Å²) < 4.78 is 0. The Bertz CT molecular complexity index is 1430. The third-order valence-electron chi connectivity index (χ3n) is 15.8. The van der Waals surface area contributed by atoms with Gasteiger partial charge in [0.05, 0.1) is 18.8 Å². The Morgan fingerprint density at radius 1 is 0.316 bits per heavy atom. The molecule has 0 aromatic heterocycles. The van der Waals surface area contributed by atoms with E-state index in [-0.39, 0.29) is 12.5 Å². The minimum Gasteiger partial charge on any atom is -0.394 e. The van der Waals surface area contributed by atoms with Crippen LogP contribution in [0.3, 0.4) is 0 Å². The lowest BCUT2D eigenvalue weighted by molar-refractivity contribution is -0.123. The fourth-order valence-corrected chi connectivity index (χ4v) is 10.6. The second kappa shape index (κ2) is 69.6. The Balaban J connectivity index is 3.48. The number of carbonyl (C=O) groups is 1. The highest BCUT2D eigenvalue weighted by Gasteiger charge is 2.18. The molecule has 0 aromatic carbocycles. The van der Waals surface area contributed by atoms with E-state index in [1.165, 1.54) is 263 Å². The number of hydrogen-bond acceptors (Lipinski definition) is 3. The third-order valence-corrected chi connectivity index (χ3v) is 15.8. The van der Waals surface area contributed by atoms with Crippen LogP contribution in [0.1, 0.15) is 354 Å². The summed E-state index contributed by atoms with van der Waals surface area (Å²) in [5.74, 6) is -0.0609. The minimum absolute atomic E-state index is 0.0609. The number of hydrogen-bond donors (Lipinski definition) is 3. The maximum Gasteiger partial charge on any atom is 0.220 e. The van der Waals surface area contributed by atoms with Gasteiger partial charge in [-0.3, -0.25) is 4.79 Å². The second-order valence-electron chi connectivity index (χ2n) is 23.6. The summed E-state index contributed by atoms with van der Waals surface area (Å²) in [6.45, 7) is 4.23. The molecule has 458 valence electrons. The zero-order valence-electron chi connectivity index (χ0n) is 52.9. The number of rotatable bonds is 64. The summed E-state index contributed by atoms with van der Waals surface area (Å²) in [5.41, 5.74) is 0. The summed E-state index contributed by atoms with van der Waals surface area (Å²) in [6, 6.07) is -0.627. The number of amides is 1. The zero-order chi connectivity index (χ0) is 56.9. The van der Waals surface area contributed by atoms with Crippen molar-refractivity contribution in [1.82, 2.24) is 5.32 Å². The number of carbonyl (C=O) groups excluding carboxylic acids is 1. The first-order valence-corrected chi connectivity index (χ1v) is 35.0. The molecule has 4 nitrogen and oxygen atoms in total. The summed E-state index contributed by atoms with van der Waals surface area (Å²) in [5, 5.41) is 23.3. The average molecular weight is 1100 g/mol. The number of nitrogens with one attached hydrogen (secondary N) is 1. The van der Waals surface area contributed by atoms with Gasteiger partial charge >= 0.3 is 0 Å². The van der Waals surface area contributed by atoms with E-state index in [1.807, 2.05) is 6.08 Å². The van der Waals surface area contributed by atoms with Crippen molar-refractivity contribution in [3.05, 3.63) is 97.2 Å². The smallest absolute Gasteiger partial charge is 0.220 e. The lowest BCUT2D eigenvalue weighted by Gasteiger charge is -2.20. The van der Waals surface area contributed by atoms with E-state index < -0.39 is 12.1 Å². The fourth-order valence-electron chi connectivity index (χ4n) is 10.6. The molecular weight excluding hydrogens is 963 g/mol. The molecule has 2 unspecified atom stereocenters.